The Balaban J connectivity index is 1.69. The van der Waals surface area contributed by atoms with Gasteiger partial charge in [-0.05, 0) is 57.2 Å². The lowest BCUT2D eigenvalue weighted by molar-refractivity contribution is -0.113. The monoisotopic (exact) mass is 443 g/mol. The fourth-order valence-corrected chi connectivity index (χ4v) is 4.17. The Morgan fingerprint density at radius 3 is 2.40 bits per heavy atom. The van der Waals surface area contributed by atoms with Crippen molar-refractivity contribution >= 4 is 40.6 Å². The number of hydrogen-bond donors (Lipinski definition) is 1. The van der Waals surface area contributed by atoms with Gasteiger partial charge in [0.2, 0.25) is 5.91 Å². The average Bonchev–Trinajstić information content (AvgIpc) is 3.18. The first kappa shape index (κ1) is 22.2. The summed E-state index contributed by atoms with van der Waals surface area (Å²) in [5, 5.41) is 12.7. The highest BCUT2D eigenvalue weighted by molar-refractivity contribution is 7.99. The molecule has 1 N–H and O–H groups in total. The Labute approximate surface area is 186 Å². The van der Waals surface area contributed by atoms with Crippen LogP contribution in [0.2, 0.25) is 5.02 Å². The van der Waals surface area contributed by atoms with Crippen LogP contribution in [0.15, 0.2) is 53.7 Å². The highest BCUT2D eigenvalue weighted by Crippen LogP contribution is 2.26. The molecule has 0 bridgehead atoms. The predicted octanol–water partition coefficient (Wildman–Crippen LogP) is 5.20. The molecule has 0 aliphatic rings. The maximum Gasteiger partial charge on any atom is 0.234 e. The number of aromatic nitrogens is 3. The van der Waals surface area contributed by atoms with Crippen LogP contribution in [0.3, 0.4) is 0 Å². The third-order valence-electron chi connectivity index (χ3n) is 4.77. The predicted molar refractivity (Wildman–Crippen MR) is 125 cm³/mol. The summed E-state index contributed by atoms with van der Waals surface area (Å²) in [5.74, 6) is 0.894. The number of rotatable bonds is 9. The summed E-state index contributed by atoms with van der Waals surface area (Å²) in [6.07, 6.45) is 0. The van der Waals surface area contributed by atoms with Crippen molar-refractivity contribution in [2.45, 2.75) is 32.5 Å². The molecule has 0 fully saturated rings. The Bertz CT molecular complexity index is 985. The number of amides is 1. The number of benzene rings is 2. The second kappa shape index (κ2) is 10.5. The van der Waals surface area contributed by atoms with E-state index in [1.54, 1.807) is 12.1 Å². The lowest BCUT2D eigenvalue weighted by atomic mass is 10.2. The van der Waals surface area contributed by atoms with E-state index in [1.807, 2.05) is 23.6 Å². The van der Waals surface area contributed by atoms with E-state index in [2.05, 4.69) is 58.5 Å². The van der Waals surface area contributed by atoms with E-state index in [0.717, 1.165) is 29.6 Å². The Morgan fingerprint density at radius 2 is 1.77 bits per heavy atom. The Morgan fingerprint density at radius 1 is 1.07 bits per heavy atom. The highest BCUT2D eigenvalue weighted by atomic mass is 35.5. The molecule has 1 aromatic heterocycles. The van der Waals surface area contributed by atoms with Crippen molar-refractivity contribution in [2.24, 2.45) is 0 Å². The first-order valence-electron chi connectivity index (χ1n) is 10.0. The zero-order valence-electron chi connectivity index (χ0n) is 17.4. The van der Waals surface area contributed by atoms with E-state index >= 15 is 0 Å². The molecule has 6 nitrogen and oxygen atoms in total. The quantitative estimate of drug-likeness (QED) is 0.461. The molecule has 0 atom stereocenters. The third-order valence-corrected chi connectivity index (χ3v) is 6.06. The van der Waals surface area contributed by atoms with Gasteiger partial charge in [0.05, 0.1) is 16.5 Å². The van der Waals surface area contributed by atoms with Gasteiger partial charge in [0.1, 0.15) is 0 Å². The topological polar surface area (TPSA) is 63.1 Å². The van der Waals surface area contributed by atoms with Crippen LogP contribution in [0, 0.1) is 0 Å². The van der Waals surface area contributed by atoms with Crippen LogP contribution in [0.4, 0.5) is 11.4 Å². The van der Waals surface area contributed by atoms with E-state index in [0.29, 0.717) is 17.3 Å². The molecule has 0 saturated heterocycles. The van der Waals surface area contributed by atoms with Crippen molar-refractivity contribution in [3.8, 4) is 11.4 Å². The summed E-state index contributed by atoms with van der Waals surface area (Å²) < 4.78 is 2.03. The molecule has 3 aromatic rings. The Hall–Kier alpha value is -2.51. The maximum atomic E-state index is 12.3. The molecule has 0 aliphatic heterocycles. The third kappa shape index (κ3) is 5.15. The van der Waals surface area contributed by atoms with Gasteiger partial charge in [-0.1, -0.05) is 35.5 Å². The molecule has 0 unspecified atom stereocenters. The summed E-state index contributed by atoms with van der Waals surface area (Å²) in [6, 6.07) is 15.6. The first-order chi connectivity index (χ1) is 14.6. The van der Waals surface area contributed by atoms with E-state index < -0.39 is 0 Å². The normalized spacial score (nSPS) is 10.8. The molecule has 3 rings (SSSR count). The van der Waals surface area contributed by atoms with Gasteiger partial charge >= 0.3 is 0 Å². The molecule has 0 saturated carbocycles. The number of hydrogen-bond acceptors (Lipinski definition) is 5. The fraction of sp³-hybridized carbons (Fsp3) is 0.318. The van der Waals surface area contributed by atoms with Crippen LogP contribution in [0.25, 0.3) is 11.4 Å². The molecule has 0 radical (unpaired) electrons. The molecular weight excluding hydrogens is 418 g/mol. The van der Waals surface area contributed by atoms with Crippen molar-refractivity contribution in [3.63, 3.8) is 0 Å². The van der Waals surface area contributed by atoms with Gasteiger partial charge in [-0.3, -0.25) is 4.79 Å². The van der Waals surface area contributed by atoms with E-state index in [4.69, 9.17) is 11.6 Å². The second-order valence-electron chi connectivity index (χ2n) is 6.59. The van der Waals surface area contributed by atoms with Crippen molar-refractivity contribution in [2.75, 3.05) is 29.1 Å². The molecule has 1 heterocycles. The number of para-hydroxylation sites is 1. The number of nitrogens with one attached hydrogen (secondary N) is 1. The van der Waals surface area contributed by atoms with Crippen LogP contribution in [0.5, 0.6) is 0 Å². The first-order valence-corrected chi connectivity index (χ1v) is 11.4. The van der Waals surface area contributed by atoms with Crippen LogP contribution in [0.1, 0.15) is 20.8 Å². The van der Waals surface area contributed by atoms with Gasteiger partial charge in [0, 0.05) is 30.9 Å². The van der Waals surface area contributed by atoms with Crippen molar-refractivity contribution in [3.05, 3.63) is 53.6 Å². The Kier molecular flexibility index (Phi) is 7.76. The summed E-state index contributed by atoms with van der Waals surface area (Å²) in [5.41, 5.74) is 2.81. The number of anilines is 2. The minimum Gasteiger partial charge on any atom is -0.372 e. The summed E-state index contributed by atoms with van der Waals surface area (Å²) in [6.45, 7) is 9.00. The number of carbonyl (C=O) groups excluding carboxylic acids is 1. The van der Waals surface area contributed by atoms with Crippen molar-refractivity contribution < 1.29 is 4.79 Å². The summed E-state index contributed by atoms with van der Waals surface area (Å²) >= 11 is 7.46. The minimum absolute atomic E-state index is 0.135. The molecule has 2 aromatic carbocycles. The van der Waals surface area contributed by atoms with E-state index in [-0.39, 0.29) is 11.7 Å². The van der Waals surface area contributed by atoms with Gasteiger partial charge in [-0.25, -0.2) is 0 Å². The smallest absolute Gasteiger partial charge is 0.234 e. The molecular formula is C22H26ClN5OS. The summed E-state index contributed by atoms with van der Waals surface area (Å²) in [4.78, 5) is 14.6. The zero-order chi connectivity index (χ0) is 21.5. The van der Waals surface area contributed by atoms with Gasteiger partial charge < -0.3 is 14.8 Å². The molecule has 158 valence electrons. The second-order valence-corrected chi connectivity index (χ2v) is 7.94. The van der Waals surface area contributed by atoms with Crippen LogP contribution < -0.4 is 10.2 Å². The fourth-order valence-electron chi connectivity index (χ4n) is 3.18. The lowest BCUT2D eigenvalue weighted by Gasteiger charge is -2.21. The molecule has 1 amide bonds. The lowest BCUT2D eigenvalue weighted by Crippen LogP contribution is -2.21. The van der Waals surface area contributed by atoms with Crippen molar-refractivity contribution in [1.82, 2.24) is 14.8 Å². The molecule has 0 aliphatic carbocycles. The maximum absolute atomic E-state index is 12.3. The SMILES string of the molecule is CCN(CC)c1ccc(-c2nnc(SCC(=O)Nc3ccccc3Cl)n2CC)cc1. The van der Waals surface area contributed by atoms with Gasteiger partial charge in [-0.15, -0.1) is 10.2 Å². The van der Waals surface area contributed by atoms with Gasteiger partial charge in [-0.2, -0.15) is 0 Å². The van der Waals surface area contributed by atoms with Gasteiger partial charge in [0.25, 0.3) is 0 Å². The largest absolute Gasteiger partial charge is 0.372 e. The van der Waals surface area contributed by atoms with E-state index in [9.17, 15) is 4.79 Å². The zero-order valence-corrected chi connectivity index (χ0v) is 19.0. The standard InChI is InChI=1S/C22H26ClN5OS/c1-4-27(5-2)17-13-11-16(12-14-17)21-25-26-22(28(21)6-3)30-15-20(29)24-19-10-8-7-9-18(19)23/h7-14H,4-6,15H2,1-3H3,(H,24,29). The van der Waals surface area contributed by atoms with Crippen molar-refractivity contribution in [1.29, 1.82) is 0 Å². The van der Waals surface area contributed by atoms with Crippen LogP contribution in [-0.4, -0.2) is 39.5 Å². The molecule has 0 spiro atoms. The highest BCUT2D eigenvalue weighted by Gasteiger charge is 2.15. The van der Waals surface area contributed by atoms with Crippen LogP contribution >= 0.6 is 23.4 Å². The van der Waals surface area contributed by atoms with E-state index in [1.165, 1.54) is 17.4 Å². The number of halogens is 1. The van der Waals surface area contributed by atoms with Gasteiger partial charge in [0.15, 0.2) is 11.0 Å². The number of thioether (sulfide) groups is 1. The number of nitrogens with zero attached hydrogens (tertiary/aromatic N) is 4. The summed E-state index contributed by atoms with van der Waals surface area (Å²) in [7, 11) is 0. The molecule has 8 heteroatoms. The molecule has 30 heavy (non-hydrogen) atoms. The minimum atomic E-state index is -0.135. The number of carbonyl (C=O) groups is 1. The average molecular weight is 444 g/mol. The van der Waals surface area contributed by atoms with Crippen LogP contribution in [-0.2, 0) is 11.3 Å².